The predicted octanol–water partition coefficient (Wildman–Crippen LogP) is 3.63. The number of rotatable bonds is 8. The minimum atomic E-state index is -6.15. The van der Waals surface area contributed by atoms with Crippen molar-refractivity contribution >= 4 is 15.9 Å². The van der Waals surface area contributed by atoms with E-state index < -0.39 is 46.3 Å². The molecule has 25 heavy (non-hydrogen) atoms. The molecule has 0 aliphatic carbocycles. The minimum absolute atomic E-state index is 0.0803. The Balaban J connectivity index is 3.04. The maximum absolute atomic E-state index is 13.9. The fraction of sp³-hybridized carbons (Fsp3) is 0.400. The molecule has 0 amide bonds. The van der Waals surface area contributed by atoms with Gasteiger partial charge >= 0.3 is 21.5 Å². The lowest BCUT2D eigenvalue weighted by Crippen LogP contribution is -2.44. The van der Waals surface area contributed by atoms with E-state index in [1.54, 1.807) is 0 Å². The van der Waals surface area contributed by atoms with Crippen molar-refractivity contribution in [3.05, 3.63) is 48.0 Å². The summed E-state index contributed by atoms with van der Waals surface area (Å²) >= 11 is 0. The Morgan fingerprint density at radius 1 is 1.16 bits per heavy atom. The van der Waals surface area contributed by atoms with Crippen molar-refractivity contribution in [2.24, 2.45) is 0 Å². The molecule has 0 heterocycles. The maximum atomic E-state index is 13.9. The third-order valence-corrected chi connectivity index (χ3v) is 4.33. The van der Waals surface area contributed by atoms with Gasteiger partial charge in [-0.25, -0.2) is 0 Å². The summed E-state index contributed by atoms with van der Waals surface area (Å²) in [6.45, 7) is 4.31. The van der Waals surface area contributed by atoms with Gasteiger partial charge in [-0.05, 0) is 12.5 Å². The zero-order chi connectivity index (χ0) is 19.5. The second-order valence-corrected chi connectivity index (χ2v) is 6.96. The zero-order valence-corrected chi connectivity index (χ0v) is 13.8. The Morgan fingerprint density at radius 2 is 1.68 bits per heavy atom. The van der Waals surface area contributed by atoms with Gasteiger partial charge in [0.25, 0.3) is 0 Å². The summed E-state index contributed by atoms with van der Waals surface area (Å²) in [6.07, 6.45) is -10.3. The Morgan fingerprint density at radius 3 is 2.12 bits per heavy atom. The van der Waals surface area contributed by atoms with Crippen LogP contribution in [0.3, 0.4) is 0 Å². The first-order valence-corrected chi connectivity index (χ1v) is 8.27. The van der Waals surface area contributed by atoms with Crippen LogP contribution in [0.4, 0.5) is 22.0 Å². The number of alkyl halides is 5. The minimum Gasteiger partial charge on any atom is -0.291 e. The van der Waals surface area contributed by atoms with Crippen LogP contribution >= 0.6 is 0 Å². The summed E-state index contributed by atoms with van der Waals surface area (Å²) in [4.78, 5) is 11.6. The number of Topliss-reactive ketones (excluding diaryl/α,β-unsaturated/α-hetero) is 1. The Labute approximate surface area is 141 Å². The van der Waals surface area contributed by atoms with E-state index in [0.29, 0.717) is 0 Å². The first-order valence-electron chi connectivity index (χ1n) is 6.86. The van der Waals surface area contributed by atoms with Crippen molar-refractivity contribution in [3.63, 3.8) is 0 Å². The van der Waals surface area contributed by atoms with E-state index in [0.717, 1.165) is 6.92 Å². The number of halogens is 5. The highest BCUT2D eigenvalue weighted by Gasteiger charge is 2.56. The Hall–Kier alpha value is -1.81. The van der Waals surface area contributed by atoms with Crippen LogP contribution in [0, 0.1) is 0 Å². The van der Waals surface area contributed by atoms with Gasteiger partial charge in [0.1, 0.15) is 0 Å². The second kappa shape index (κ2) is 7.61. The van der Waals surface area contributed by atoms with Gasteiger partial charge < -0.3 is 0 Å². The average molecular weight is 386 g/mol. The monoisotopic (exact) mass is 386 g/mol. The highest BCUT2D eigenvalue weighted by molar-refractivity contribution is 7.88. The number of hydrogen-bond donors (Lipinski definition) is 0. The standard InChI is InChI=1S/C15H15F5O4S/c1-10(2)8-13(14(16,17)18)24-25(22,23)15(19,20)12(21)9-11-6-4-3-5-7-11/h3-7,13H,1,8-9H2,2H3. The van der Waals surface area contributed by atoms with Crippen molar-refractivity contribution in [2.45, 2.75) is 37.3 Å². The largest absolute Gasteiger partial charge is 0.427 e. The lowest BCUT2D eigenvalue weighted by molar-refractivity contribution is -0.195. The molecule has 140 valence electrons. The normalized spacial score (nSPS) is 14.2. The zero-order valence-electron chi connectivity index (χ0n) is 13.0. The fourth-order valence-corrected chi connectivity index (χ4v) is 2.71. The van der Waals surface area contributed by atoms with Crippen LogP contribution in [0.25, 0.3) is 0 Å². The summed E-state index contributed by atoms with van der Waals surface area (Å²) in [6, 6.07) is 6.98. The molecule has 1 aromatic rings. The molecule has 0 radical (unpaired) electrons. The second-order valence-electron chi connectivity index (χ2n) is 5.34. The maximum Gasteiger partial charge on any atom is 0.427 e. The Bertz CT molecular complexity index is 726. The molecule has 0 N–H and O–H groups in total. The molecule has 0 saturated carbocycles. The van der Waals surface area contributed by atoms with Gasteiger partial charge in [-0.3, -0.25) is 8.98 Å². The number of benzene rings is 1. The van der Waals surface area contributed by atoms with Gasteiger partial charge in [-0.1, -0.05) is 35.9 Å². The fourth-order valence-electron chi connectivity index (χ4n) is 1.76. The molecule has 0 saturated heterocycles. The van der Waals surface area contributed by atoms with Crippen LogP contribution in [0.15, 0.2) is 42.5 Å². The van der Waals surface area contributed by atoms with Crippen LogP contribution in [0.2, 0.25) is 0 Å². The highest BCUT2D eigenvalue weighted by atomic mass is 32.2. The summed E-state index contributed by atoms with van der Waals surface area (Å²) in [5, 5.41) is -5.12. The molecule has 1 atom stereocenters. The van der Waals surface area contributed by atoms with Crippen molar-refractivity contribution < 1.29 is 39.3 Å². The van der Waals surface area contributed by atoms with Gasteiger partial charge in [0.05, 0.1) is 0 Å². The summed E-state index contributed by atoms with van der Waals surface area (Å²) in [7, 11) is -6.15. The van der Waals surface area contributed by atoms with Crippen molar-refractivity contribution in [1.82, 2.24) is 0 Å². The van der Waals surface area contributed by atoms with E-state index in [1.807, 2.05) is 0 Å². The molecular weight excluding hydrogens is 371 g/mol. The Kier molecular flexibility index (Phi) is 6.46. The van der Waals surface area contributed by atoms with Gasteiger partial charge in [-0.2, -0.15) is 30.4 Å². The third kappa shape index (κ3) is 5.60. The predicted molar refractivity (Wildman–Crippen MR) is 79.4 cm³/mol. The summed E-state index contributed by atoms with van der Waals surface area (Å²) in [5.74, 6) is -2.09. The van der Waals surface area contributed by atoms with E-state index in [1.165, 1.54) is 30.3 Å². The van der Waals surface area contributed by atoms with Crippen LogP contribution in [-0.4, -0.2) is 31.7 Å². The van der Waals surface area contributed by atoms with Gasteiger partial charge in [-0.15, -0.1) is 6.58 Å². The smallest absolute Gasteiger partial charge is 0.291 e. The topological polar surface area (TPSA) is 60.4 Å². The first kappa shape index (κ1) is 21.2. The molecule has 0 spiro atoms. The lowest BCUT2D eigenvalue weighted by Gasteiger charge is -2.23. The number of carbonyl (C=O) groups is 1. The van der Waals surface area contributed by atoms with Crippen molar-refractivity contribution in [2.75, 3.05) is 0 Å². The molecular formula is C15H15F5O4S. The molecule has 0 aliphatic heterocycles. The van der Waals surface area contributed by atoms with Gasteiger partial charge in [0, 0.05) is 12.8 Å². The van der Waals surface area contributed by atoms with E-state index in [-0.39, 0.29) is 11.1 Å². The molecule has 0 fully saturated rings. The summed E-state index contributed by atoms with van der Waals surface area (Å²) < 4.78 is 93.0. The molecule has 4 nitrogen and oxygen atoms in total. The van der Waals surface area contributed by atoms with Crippen LogP contribution in [0.5, 0.6) is 0 Å². The first-order chi connectivity index (χ1) is 11.3. The average Bonchev–Trinajstić information content (AvgIpc) is 2.45. The van der Waals surface area contributed by atoms with Crippen LogP contribution in [-0.2, 0) is 25.5 Å². The number of carbonyl (C=O) groups excluding carboxylic acids is 1. The SMILES string of the molecule is C=C(C)CC(OS(=O)(=O)C(F)(F)C(=O)Cc1ccccc1)C(F)(F)F. The van der Waals surface area contributed by atoms with Crippen molar-refractivity contribution in [1.29, 1.82) is 0 Å². The molecule has 0 aliphatic rings. The van der Waals surface area contributed by atoms with E-state index >= 15 is 0 Å². The van der Waals surface area contributed by atoms with Gasteiger partial charge in [0.15, 0.2) is 6.10 Å². The summed E-state index contributed by atoms with van der Waals surface area (Å²) in [5.41, 5.74) is -0.0480. The lowest BCUT2D eigenvalue weighted by atomic mass is 10.1. The highest BCUT2D eigenvalue weighted by Crippen LogP contribution is 2.34. The molecule has 1 rings (SSSR count). The van der Waals surface area contributed by atoms with E-state index in [4.69, 9.17) is 0 Å². The van der Waals surface area contributed by atoms with Crippen LogP contribution < -0.4 is 0 Å². The molecule has 0 aromatic heterocycles. The molecule has 10 heteroatoms. The van der Waals surface area contributed by atoms with E-state index in [9.17, 15) is 35.2 Å². The molecule has 0 bridgehead atoms. The van der Waals surface area contributed by atoms with E-state index in [2.05, 4.69) is 10.8 Å². The quantitative estimate of drug-likeness (QED) is 0.389. The van der Waals surface area contributed by atoms with Crippen LogP contribution in [0.1, 0.15) is 18.9 Å². The number of hydrogen-bond acceptors (Lipinski definition) is 4. The molecule has 1 aromatic carbocycles. The molecule has 1 unspecified atom stereocenters. The van der Waals surface area contributed by atoms with Gasteiger partial charge in [0.2, 0.25) is 5.78 Å². The van der Waals surface area contributed by atoms with Crippen molar-refractivity contribution in [3.8, 4) is 0 Å². The number of ketones is 1. The third-order valence-electron chi connectivity index (χ3n) is 2.99.